The third kappa shape index (κ3) is 3.09. The summed E-state index contributed by atoms with van der Waals surface area (Å²) in [6, 6.07) is 0. The predicted molar refractivity (Wildman–Crippen MR) is 82.6 cm³/mol. The molecule has 0 atom stereocenters. The number of halogens is 3. The summed E-state index contributed by atoms with van der Waals surface area (Å²) in [5.41, 5.74) is 1.34. The molecule has 0 saturated heterocycles. The first-order valence-electron chi connectivity index (χ1n) is 7.91. The summed E-state index contributed by atoms with van der Waals surface area (Å²) in [7, 11) is 1.77. The van der Waals surface area contributed by atoms with Gasteiger partial charge in [0.25, 0.3) is 5.56 Å². The van der Waals surface area contributed by atoms with Crippen molar-refractivity contribution in [3.63, 3.8) is 0 Å². The van der Waals surface area contributed by atoms with Gasteiger partial charge < -0.3 is 9.55 Å². The summed E-state index contributed by atoms with van der Waals surface area (Å²) in [5, 5.41) is 0. The highest BCUT2D eigenvalue weighted by Gasteiger charge is 2.42. The second kappa shape index (κ2) is 6.07. The van der Waals surface area contributed by atoms with E-state index in [2.05, 4.69) is 15.0 Å². The zero-order valence-corrected chi connectivity index (χ0v) is 13.5. The molecular weight excluding hydrogens is 321 g/mol. The molecule has 24 heavy (non-hydrogen) atoms. The number of imidazole rings is 1. The molecule has 2 aromatic heterocycles. The lowest BCUT2D eigenvalue weighted by atomic mass is 9.79. The molecule has 130 valence electrons. The Labute approximate surface area is 137 Å². The Bertz CT molecular complexity index is 785. The fraction of sp³-hybridized carbons (Fsp3) is 0.562. The monoisotopic (exact) mass is 340 g/mol. The number of H-pyrrole nitrogens is 1. The van der Waals surface area contributed by atoms with Crippen molar-refractivity contribution in [1.82, 2.24) is 19.5 Å². The minimum Gasteiger partial charge on any atom is -0.334 e. The van der Waals surface area contributed by atoms with Crippen molar-refractivity contribution in [2.24, 2.45) is 13.0 Å². The highest BCUT2D eigenvalue weighted by Crippen LogP contribution is 2.43. The molecule has 0 aromatic carbocycles. The summed E-state index contributed by atoms with van der Waals surface area (Å²) in [6.07, 6.45) is -0.0758. The maximum atomic E-state index is 12.9. The maximum absolute atomic E-state index is 12.9. The number of aromatic amines is 1. The largest absolute Gasteiger partial charge is 0.391 e. The van der Waals surface area contributed by atoms with Crippen molar-refractivity contribution < 1.29 is 13.2 Å². The van der Waals surface area contributed by atoms with Crippen LogP contribution >= 0.6 is 0 Å². The standard InChI is InChI=1S/C16H19F3N4O/c1-9-21-14(10-3-5-11(6-4-10)16(17,18)19)13(15(24)22-9)12-7-20-8-23(12)2/h7-8,10-11H,3-6H2,1-2H3,(H,21,22,24). The SMILES string of the molecule is Cc1nc(C2CCC(C(F)(F)F)CC2)c(-c2cncn2C)c(=O)[nH]1. The van der Waals surface area contributed by atoms with E-state index in [1.165, 1.54) is 0 Å². The van der Waals surface area contributed by atoms with Gasteiger partial charge in [0, 0.05) is 13.0 Å². The number of aromatic nitrogens is 4. The average molecular weight is 340 g/mol. The average Bonchev–Trinajstić information content (AvgIpc) is 2.91. The first kappa shape index (κ1) is 16.7. The Morgan fingerprint density at radius 1 is 1.25 bits per heavy atom. The van der Waals surface area contributed by atoms with Crippen LogP contribution in [0.1, 0.15) is 43.1 Å². The molecule has 0 spiro atoms. The molecule has 2 aromatic rings. The number of rotatable bonds is 2. The van der Waals surface area contributed by atoms with Crippen molar-refractivity contribution in [3.8, 4) is 11.3 Å². The normalized spacial score (nSPS) is 21.9. The molecule has 8 heteroatoms. The third-order valence-electron chi connectivity index (χ3n) is 4.72. The summed E-state index contributed by atoms with van der Waals surface area (Å²) in [5.74, 6) is -0.926. The van der Waals surface area contributed by atoms with Crippen LogP contribution in [-0.4, -0.2) is 25.7 Å². The lowest BCUT2D eigenvalue weighted by Gasteiger charge is -2.30. The molecule has 0 unspecified atom stereocenters. The fourth-order valence-corrected chi connectivity index (χ4v) is 3.44. The van der Waals surface area contributed by atoms with Crippen LogP contribution < -0.4 is 5.56 Å². The van der Waals surface area contributed by atoms with Gasteiger partial charge in [0.05, 0.1) is 35.4 Å². The lowest BCUT2D eigenvalue weighted by Crippen LogP contribution is -2.28. The van der Waals surface area contributed by atoms with E-state index in [0.29, 0.717) is 35.6 Å². The smallest absolute Gasteiger partial charge is 0.334 e. The zero-order valence-electron chi connectivity index (χ0n) is 13.5. The first-order chi connectivity index (χ1) is 11.3. The topological polar surface area (TPSA) is 63.6 Å². The van der Waals surface area contributed by atoms with Crippen molar-refractivity contribution in [3.05, 3.63) is 34.4 Å². The van der Waals surface area contributed by atoms with Crippen LogP contribution in [0.5, 0.6) is 0 Å². The van der Waals surface area contributed by atoms with E-state index < -0.39 is 12.1 Å². The highest BCUT2D eigenvalue weighted by atomic mass is 19.4. The molecule has 1 saturated carbocycles. The van der Waals surface area contributed by atoms with E-state index in [4.69, 9.17) is 0 Å². The van der Waals surface area contributed by atoms with Crippen molar-refractivity contribution in [1.29, 1.82) is 0 Å². The molecule has 0 bridgehead atoms. The van der Waals surface area contributed by atoms with Gasteiger partial charge in [0.2, 0.25) is 0 Å². The first-order valence-corrected chi connectivity index (χ1v) is 7.91. The van der Waals surface area contributed by atoms with E-state index in [9.17, 15) is 18.0 Å². The molecule has 3 rings (SSSR count). The number of hydrogen-bond donors (Lipinski definition) is 1. The summed E-state index contributed by atoms with van der Waals surface area (Å²) < 4.78 is 40.3. The minimum absolute atomic E-state index is 0.0759. The Kier molecular flexibility index (Phi) is 4.23. The molecule has 1 aliphatic carbocycles. The van der Waals surface area contributed by atoms with Crippen LogP contribution in [0, 0.1) is 12.8 Å². The summed E-state index contributed by atoms with van der Waals surface area (Å²) >= 11 is 0. The molecule has 0 amide bonds. The molecule has 5 nitrogen and oxygen atoms in total. The van der Waals surface area contributed by atoms with Crippen LogP contribution in [-0.2, 0) is 7.05 Å². The van der Waals surface area contributed by atoms with Gasteiger partial charge in [0.15, 0.2) is 0 Å². The summed E-state index contributed by atoms with van der Waals surface area (Å²) in [4.78, 5) is 23.6. The second-order valence-electron chi connectivity index (χ2n) is 6.39. The van der Waals surface area contributed by atoms with Gasteiger partial charge in [0.1, 0.15) is 5.82 Å². The van der Waals surface area contributed by atoms with E-state index in [1.807, 2.05) is 0 Å². The van der Waals surface area contributed by atoms with Gasteiger partial charge in [-0.15, -0.1) is 0 Å². The van der Waals surface area contributed by atoms with Crippen LogP contribution in [0.4, 0.5) is 13.2 Å². The van der Waals surface area contributed by atoms with Gasteiger partial charge in [-0.05, 0) is 32.6 Å². The highest BCUT2D eigenvalue weighted by molar-refractivity contribution is 5.61. The van der Waals surface area contributed by atoms with E-state index >= 15 is 0 Å². The molecule has 1 fully saturated rings. The lowest BCUT2D eigenvalue weighted by molar-refractivity contribution is -0.182. The van der Waals surface area contributed by atoms with Crippen LogP contribution in [0.3, 0.4) is 0 Å². The van der Waals surface area contributed by atoms with E-state index in [1.54, 1.807) is 31.1 Å². The minimum atomic E-state index is -4.15. The van der Waals surface area contributed by atoms with Crippen LogP contribution in [0.25, 0.3) is 11.3 Å². The quantitative estimate of drug-likeness (QED) is 0.912. The van der Waals surface area contributed by atoms with Crippen molar-refractivity contribution in [2.75, 3.05) is 0 Å². The van der Waals surface area contributed by atoms with Gasteiger partial charge in [-0.2, -0.15) is 13.2 Å². The van der Waals surface area contributed by atoms with Crippen LogP contribution in [0.2, 0.25) is 0 Å². The maximum Gasteiger partial charge on any atom is 0.391 e. The Morgan fingerprint density at radius 3 is 2.46 bits per heavy atom. The number of alkyl halides is 3. The van der Waals surface area contributed by atoms with Crippen molar-refractivity contribution in [2.45, 2.75) is 44.7 Å². The number of aryl methyl sites for hydroxylation is 2. The van der Waals surface area contributed by atoms with E-state index in [0.717, 1.165) is 0 Å². The number of nitrogens with zero attached hydrogens (tertiary/aromatic N) is 3. The number of hydrogen-bond acceptors (Lipinski definition) is 3. The molecule has 1 aliphatic rings. The molecule has 2 heterocycles. The Balaban J connectivity index is 1.97. The summed E-state index contributed by atoms with van der Waals surface area (Å²) in [6.45, 7) is 1.68. The van der Waals surface area contributed by atoms with Gasteiger partial charge in [-0.25, -0.2) is 9.97 Å². The third-order valence-corrected chi connectivity index (χ3v) is 4.72. The molecule has 0 radical (unpaired) electrons. The predicted octanol–water partition coefficient (Wildman–Crippen LogP) is 3.31. The zero-order chi connectivity index (χ0) is 17.5. The number of nitrogens with one attached hydrogen (secondary N) is 1. The Hall–Kier alpha value is -2.12. The van der Waals surface area contributed by atoms with Crippen LogP contribution in [0.15, 0.2) is 17.3 Å². The van der Waals surface area contributed by atoms with E-state index in [-0.39, 0.29) is 24.3 Å². The second-order valence-corrected chi connectivity index (χ2v) is 6.39. The van der Waals surface area contributed by atoms with Crippen molar-refractivity contribution >= 4 is 0 Å². The van der Waals surface area contributed by atoms with Gasteiger partial charge in [-0.3, -0.25) is 4.79 Å². The van der Waals surface area contributed by atoms with Gasteiger partial charge in [-0.1, -0.05) is 0 Å². The molecular formula is C16H19F3N4O. The molecule has 1 N–H and O–H groups in total. The molecule has 0 aliphatic heterocycles. The van der Waals surface area contributed by atoms with Gasteiger partial charge >= 0.3 is 6.18 Å². The fourth-order valence-electron chi connectivity index (χ4n) is 3.44. The Morgan fingerprint density at radius 2 is 1.92 bits per heavy atom.